The summed E-state index contributed by atoms with van der Waals surface area (Å²) in [5.41, 5.74) is 2.42. The Bertz CT molecular complexity index is 1020. The summed E-state index contributed by atoms with van der Waals surface area (Å²) in [6, 6.07) is 12.7. The number of anilines is 1. The summed E-state index contributed by atoms with van der Waals surface area (Å²) < 4.78 is 6.43. The van der Waals surface area contributed by atoms with Crippen LogP contribution in [0.3, 0.4) is 0 Å². The zero-order chi connectivity index (χ0) is 21.8. The van der Waals surface area contributed by atoms with Gasteiger partial charge in [-0.3, -0.25) is 19.3 Å². The summed E-state index contributed by atoms with van der Waals surface area (Å²) in [5, 5.41) is 2.23. The second-order valence-electron chi connectivity index (χ2n) is 7.04. The molecular formula is C22H21BrN2O4S. The van der Waals surface area contributed by atoms with E-state index in [1.807, 2.05) is 39.0 Å². The Hall–Kier alpha value is -2.58. The average Bonchev–Trinajstić information content (AvgIpc) is 2.93. The van der Waals surface area contributed by atoms with Crippen LogP contribution in [0.15, 0.2) is 51.8 Å². The molecule has 0 spiro atoms. The Balaban J connectivity index is 1.68. The minimum absolute atomic E-state index is 0.0368. The smallest absolute Gasteiger partial charge is 0.294 e. The normalized spacial score (nSPS) is 15.2. The Kier molecular flexibility index (Phi) is 6.99. The number of aryl methyl sites for hydroxylation is 1. The number of benzene rings is 2. The monoisotopic (exact) mass is 488 g/mol. The molecule has 1 N–H and O–H groups in total. The lowest BCUT2D eigenvalue weighted by Crippen LogP contribution is -2.36. The van der Waals surface area contributed by atoms with Crippen LogP contribution < -0.4 is 10.1 Å². The fraction of sp³-hybridized carbons (Fsp3) is 0.227. The van der Waals surface area contributed by atoms with Gasteiger partial charge in [-0.05, 0) is 84.4 Å². The van der Waals surface area contributed by atoms with E-state index in [1.54, 1.807) is 30.3 Å². The van der Waals surface area contributed by atoms with Gasteiger partial charge < -0.3 is 10.1 Å². The minimum atomic E-state index is -0.484. The van der Waals surface area contributed by atoms with Crippen LogP contribution in [0, 0.1) is 6.92 Å². The van der Waals surface area contributed by atoms with Gasteiger partial charge in [0.05, 0.1) is 15.5 Å². The van der Waals surface area contributed by atoms with Crippen LogP contribution in [0.2, 0.25) is 0 Å². The summed E-state index contributed by atoms with van der Waals surface area (Å²) in [7, 11) is 0. The third-order valence-corrected chi connectivity index (χ3v) is 5.65. The van der Waals surface area contributed by atoms with Crippen molar-refractivity contribution in [1.29, 1.82) is 0 Å². The van der Waals surface area contributed by atoms with Crippen LogP contribution in [0.25, 0.3) is 6.08 Å². The molecule has 30 heavy (non-hydrogen) atoms. The fourth-order valence-corrected chi connectivity index (χ4v) is 4.05. The average molecular weight is 489 g/mol. The summed E-state index contributed by atoms with van der Waals surface area (Å²) in [4.78, 5) is 38.4. The van der Waals surface area contributed by atoms with E-state index in [-0.39, 0.29) is 17.6 Å². The number of hydrogen-bond acceptors (Lipinski definition) is 5. The number of nitrogens with zero attached hydrogens (tertiary/aromatic N) is 1. The molecule has 8 heteroatoms. The maximum atomic E-state index is 12.6. The van der Waals surface area contributed by atoms with Crippen molar-refractivity contribution in [3.05, 3.63) is 63.0 Å². The van der Waals surface area contributed by atoms with Gasteiger partial charge in [-0.25, -0.2) is 0 Å². The first kappa shape index (κ1) is 22.1. The van der Waals surface area contributed by atoms with Crippen LogP contribution in [0.4, 0.5) is 10.5 Å². The Labute approximate surface area is 187 Å². The van der Waals surface area contributed by atoms with Gasteiger partial charge in [-0.1, -0.05) is 23.8 Å². The van der Waals surface area contributed by atoms with Crippen molar-refractivity contribution >= 4 is 56.5 Å². The molecule has 0 radical (unpaired) electrons. The highest BCUT2D eigenvalue weighted by atomic mass is 79.9. The number of imide groups is 1. The summed E-state index contributed by atoms with van der Waals surface area (Å²) in [6.07, 6.45) is 1.67. The number of carbonyl (C=O) groups is 3. The number of amides is 3. The maximum absolute atomic E-state index is 12.6. The quantitative estimate of drug-likeness (QED) is 0.564. The second-order valence-corrected chi connectivity index (χ2v) is 8.89. The predicted octanol–water partition coefficient (Wildman–Crippen LogP) is 5.22. The zero-order valence-electron chi connectivity index (χ0n) is 16.8. The standard InChI is InChI=1S/C22H21BrN2O4S/c1-13(2)29-18-9-6-15(10-17(18)23)11-19-21(27)25(22(28)30-19)12-20(26)24-16-7-4-14(3)5-8-16/h4-11,13H,12H2,1-3H3,(H,24,26). The minimum Gasteiger partial charge on any atom is -0.490 e. The number of rotatable bonds is 6. The summed E-state index contributed by atoms with van der Waals surface area (Å²) in [5.74, 6) is -0.217. The van der Waals surface area contributed by atoms with E-state index < -0.39 is 17.1 Å². The summed E-state index contributed by atoms with van der Waals surface area (Å²) in [6.45, 7) is 5.49. The maximum Gasteiger partial charge on any atom is 0.294 e. The molecule has 1 aliphatic rings. The third kappa shape index (κ3) is 5.52. The molecule has 0 aliphatic carbocycles. The molecule has 0 atom stereocenters. The Morgan fingerprint density at radius 1 is 1.20 bits per heavy atom. The van der Waals surface area contributed by atoms with Gasteiger partial charge in [0.2, 0.25) is 5.91 Å². The van der Waals surface area contributed by atoms with Crippen molar-refractivity contribution in [1.82, 2.24) is 4.90 Å². The van der Waals surface area contributed by atoms with E-state index >= 15 is 0 Å². The molecule has 0 bridgehead atoms. The van der Waals surface area contributed by atoms with E-state index in [4.69, 9.17) is 4.74 Å². The Morgan fingerprint density at radius 2 is 1.90 bits per heavy atom. The fourth-order valence-electron chi connectivity index (χ4n) is 2.73. The van der Waals surface area contributed by atoms with Crippen LogP contribution in [0.5, 0.6) is 5.75 Å². The molecule has 0 aromatic heterocycles. The third-order valence-electron chi connectivity index (χ3n) is 4.13. The van der Waals surface area contributed by atoms with E-state index in [9.17, 15) is 14.4 Å². The van der Waals surface area contributed by atoms with Gasteiger partial charge in [0.25, 0.3) is 11.1 Å². The van der Waals surface area contributed by atoms with Crippen molar-refractivity contribution < 1.29 is 19.1 Å². The molecule has 0 unspecified atom stereocenters. The van der Waals surface area contributed by atoms with E-state index in [0.29, 0.717) is 11.4 Å². The lowest BCUT2D eigenvalue weighted by Gasteiger charge is -2.12. The van der Waals surface area contributed by atoms with Crippen LogP contribution in [-0.2, 0) is 9.59 Å². The van der Waals surface area contributed by atoms with Crippen molar-refractivity contribution in [2.45, 2.75) is 26.9 Å². The van der Waals surface area contributed by atoms with Gasteiger partial charge in [0.15, 0.2) is 0 Å². The molecule has 1 heterocycles. The molecule has 2 aromatic rings. The number of thioether (sulfide) groups is 1. The highest BCUT2D eigenvalue weighted by molar-refractivity contribution is 9.10. The van der Waals surface area contributed by atoms with Crippen molar-refractivity contribution in [2.75, 3.05) is 11.9 Å². The molecule has 3 rings (SSSR count). The second kappa shape index (κ2) is 9.49. The topological polar surface area (TPSA) is 75.7 Å². The largest absolute Gasteiger partial charge is 0.490 e. The highest BCUT2D eigenvalue weighted by Gasteiger charge is 2.36. The first-order valence-electron chi connectivity index (χ1n) is 9.31. The van der Waals surface area contributed by atoms with Gasteiger partial charge in [0, 0.05) is 5.69 Å². The Morgan fingerprint density at radius 3 is 2.53 bits per heavy atom. The van der Waals surface area contributed by atoms with E-state index in [1.165, 1.54) is 0 Å². The van der Waals surface area contributed by atoms with Crippen LogP contribution in [0.1, 0.15) is 25.0 Å². The molecule has 1 aliphatic heterocycles. The highest BCUT2D eigenvalue weighted by Crippen LogP contribution is 2.34. The molecule has 0 saturated carbocycles. The van der Waals surface area contributed by atoms with E-state index in [2.05, 4.69) is 21.2 Å². The number of halogens is 1. The first-order chi connectivity index (χ1) is 14.2. The van der Waals surface area contributed by atoms with Gasteiger partial charge in [-0.15, -0.1) is 0 Å². The van der Waals surface area contributed by atoms with Gasteiger partial charge in [-0.2, -0.15) is 0 Å². The molecule has 156 valence electrons. The predicted molar refractivity (Wildman–Crippen MR) is 122 cm³/mol. The molecule has 6 nitrogen and oxygen atoms in total. The lowest BCUT2D eigenvalue weighted by molar-refractivity contribution is -0.127. The first-order valence-corrected chi connectivity index (χ1v) is 10.9. The van der Waals surface area contributed by atoms with Crippen LogP contribution in [-0.4, -0.2) is 34.6 Å². The summed E-state index contributed by atoms with van der Waals surface area (Å²) >= 11 is 4.28. The molecule has 1 fully saturated rings. The number of nitrogens with one attached hydrogen (secondary N) is 1. The molecule has 1 saturated heterocycles. The van der Waals surface area contributed by atoms with Crippen molar-refractivity contribution in [3.63, 3.8) is 0 Å². The molecule has 2 aromatic carbocycles. The number of hydrogen-bond donors (Lipinski definition) is 1. The van der Waals surface area contributed by atoms with Crippen molar-refractivity contribution in [3.8, 4) is 5.75 Å². The lowest BCUT2D eigenvalue weighted by atomic mass is 10.2. The molecular weight excluding hydrogens is 468 g/mol. The SMILES string of the molecule is Cc1ccc(NC(=O)CN2C(=O)SC(=Cc3ccc(OC(C)C)c(Br)c3)C2=O)cc1. The van der Waals surface area contributed by atoms with Crippen LogP contribution >= 0.6 is 27.7 Å². The number of carbonyl (C=O) groups excluding carboxylic acids is 3. The zero-order valence-corrected chi connectivity index (χ0v) is 19.2. The van der Waals surface area contributed by atoms with E-state index in [0.717, 1.165) is 32.3 Å². The van der Waals surface area contributed by atoms with Crippen molar-refractivity contribution in [2.24, 2.45) is 0 Å². The van der Waals surface area contributed by atoms with Gasteiger partial charge in [0.1, 0.15) is 12.3 Å². The van der Waals surface area contributed by atoms with Gasteiger partial charge >= 0.3 is 0 Å². The molecule has 3 amide bonds. The number of ether oxygens (including phenoxy) is 1.